The third kappa shape index (κ3) is 10.2. The lowest BCUT2D eigenvalue weighted by atomic mass is 10.0. The van der Waals surface area contributed by atoms with E-state index in [-0.39, 0.29) is 24.0 Å². The number of ether oxygens (including phenoxy) is 1. The smallest absolute Gasteiger partial charge is 0.341 e. The molecule has 0 saturated carbocycles. The molecule has 3 amide bonds. The van der Waals surface area contributed by atoms with Gasteiger partial charge in [0.2, 0.25) is 5.91 Å². The van der Waals surface area contributed by atoms with Crippen LogP contribution in [0.15, 0.2) is 120 Å². The molecular weight excluding hydrogens is 728 g/mol. The lowest BCUT2D eigenvalue weighted by molar-refractivity contribution is -0.114. The van der Waals surface area contributed by atoms with Crippen LogP contribution in [0.4, 0.5) is 10.7 Å². The average molecular weight is 765 g/mol. The molecule has 0 spiro atoms. The molecule has 0 fully saturated rings. The second kappa shape index (κ2) is 18.0. The van der Waals surface area contributed by atoms with Crippen molar-refractivity contribution in [2.45, 2.75) is 31.3 Å². The van der Waals surface area contributed by atoms with Gasteiger partial charge in [-0.25, -0.2) is 4.79 Å². The molecule has 0 bridgehead atoms. The molecule has 12 heteroatoms. The number of benzene rings is 4. The van der Waals surface area contributed by atoms with Crippen molar-refractivity contribution in [1.82, 2.24) is 10.2 Å². The summed E-state index contributed by atoms with van der Waals surface area (Å²) in [6.45, 7) is 4.27. The van der Waals surface area contributed by atoms with E-state index in [9.17, 15) is 19.2 Å². The minimum atomic E-state index is -0.528. The Bertz CT molecular complexity index is 2120. The summed E-state index contributed by atoms with van der Waals surface area (Å²) in [6, 6.07) is 32.8. The van der Waals surface area contributed by atoms with Gasteiger partial charge in [-0.3, -0.25) is 19.3 Å². The van der Waals surface area contributed by atoms with Gasteiger partial charge in [0.15, 0.2) is 0 Å². The molecule has 6 rings (SSSR count). The highest BCUT2D eigenvalue weighted by Crippen LogP contribution is 2.38. The summed E-state index contributed by atoms with van der Waals surface area (Å²) in [5.41, 5.74) is 4.19. The Morgan fingerprint density at radius 1 is 0.906 bits per heavy atom. The van der Waals surface area contributed by atoms with Gasteiger partial charge >= 0.3 is 5.97 Å². The zero-order valence-corrected chi connectivity index (χ0v) is 31.3. The van der Waals surface area contributed by atoms with Gasteiger partial charge in [-0.15, -0.1) is 23.1 Å². The second-order valence-corrected chi connectivity index (χ2v) is 14.7. The third-order valence-electron chi connectivity index (χ3n) is 8.29. The van der Waals surface area contributed by atoms with Gasteiger partial charge in [-0.2, -0.15) is 0 Å². The summed E-state index contributed by atoms with van der Waals surface area (Å²) in [7, 11) is 0. The molecule has 4 aromatic carbocycles. The molecule has 1 aliphatic heterocycles. The number of rotatable bonds is 13. The van der Waals surface area contributed by atoms with Crippen molar-refractivity contribution in [2.24, 2.45) is 0 Å². The Morgan fingerprint density at radius 2 is 1.64 bits per heavy atom. The van der Waals surface area contributed by atoms with Crippen molar-refractivity contribution < 1.29 is 23.9 Å². The van der Waals surface area contributed by atoms with E-state index in [0.717, 1.165) is 28.4 Å². The molecule has 0 unspecified atom stereocenters. The normalized spacial score (nSPS) is 12.8. The fraction of sp³-hybridized carbons (Fsp3) is 0.171. The highest BCUT2D eigenvalue weighted by atomic mass is 35.5. The van der Waals surface area contributed by atoms with Crippen LogP contribution >= 0.6 is 34.7 Å². The van der Waals surface area contributed by atoms with E-state index in [2.05, 4.69) is 33.0 Å². The first-order valence-electron chi connectivity index (χ1n) is 17.0. The number of nitrogens with zero attached hydrogens (tertiary/aromatic N) is 1. The topological polar surface area (TPSA) is 117 Å². The number of carbonyl (C=O) groups is 4. The van der Waals surface area contributed by atoms with Crippen LogP contribution in [0, 0.1) is 0 Å². The largest absolute Gasteiger partial charge is 0.462 e. The molecule has 5 aromatic rings. The standard InChI is InChI=1S/C41H37ClN4O5S2/c1-2-51-41(50)37-33-20-21-46(24-28-10-5-3-6-11-28)25-35(33)53-40(37)45-36(47)26-52-32-15-9-14-31(23-32)43-39(49)34(22-27-16-18-30(42)19-17-27)44-38(48)29-12-7-4-8-13-29/h3-19,22-23H,2,20-21,24-26H2,1H3,(H,43,49)(H,44,48)(H,45,47)/b34-22-. The summed E-state index contributed by atoms with van der Waals surface area (Å²) < 4.78 is 5.40. The summed E-state index contributed by atoms with van der Waals surface area (Å²) in [5.74, 6) is -1.60. The number of thiophene rings is 1. The van der Waals surface area contributed by atoms with E-state index >= 15 is 0 Å². The SMILES string of the molecule is CCOC(=O)c1c(NC(=O)CSc2cccc(NC(=O)/C(=C/c3ccc(Cl)cc3)NC(=O)c3ccccc3)c2)sc2c1CCN(Cc1ccccc1)C2. The van der Waals surface area contributed by atoms with E-state index in [4.69, 9.17) is 16.3 Å². The highest BCUT2D eigenvalue weighted by Gasteiger charge is 2.29. The number of amides is 3. The van der Waals surface area contributed by atoms with Gasteiger partial charge in [-0.1, -0.05) is 78.3 Å². The lowest BCUT2D eigenvalue weighted by Gasteiger charge is -2.27. The molecule has 1 aromatic heterocycles. The summed E-state index contributed by atoms with van der Waals surface area (Å²) in [5, 5.41) is 9.61. The van der Waals surface area contributed by atoms with Gasteiger partial charge in [-0.05, 0) is 78.6 Å². The Hall–Kier alpha value is -5.20. The quantitative estimate of drug-likeness (QED) is 0.0628. The average Bonchev–Trinajstić information content (AvgIpc) is 3.52. The first-order valence-corrected chi connectivity index (χ1v) is 19.2. The monoisotopic (exact) mass is 764 g/mol. The van der Waals surface area contributed by atoms with Gasteiger partial charge in [0.05, 0.1) is 17.9 Å². The molecule has 9 nitrogen and oxygen atoms in total. The zero-order valence-electron chi connectivity index (χ0n) is 28.9. The van der Waals surface area contributed by atoms with E-state index in [1.165, 1.54) is 28.7 Å². The fourth-order valence-electron chi connectivity index (χ4n) is 5.78. The number of fused-ring (bicyclic) bond motifs is 1. The van der Waals surface area contributed by atoms with Gasteiger partial charge in [0.1, 0.15) is 10.7 Å². The Labute approximate surface area is 321 Å². The van der Waals surface area contributed by atoms with Gasteiger partial charge in [0.25, 0.3) is 11.8 Å². The van der Waals surface area contributed by atoms with E-state index in [1.807, 2.05) is 24.3 Å². The van der Waals surface area contributed by atoms with E-state index < -0.39 is 17.8 Å². The maximum absolute atomic E-state index is 13.5. The van der Waals surface area contributed by atoms with Crippen molar-refractivity contribution >= 4 is 75.2 Å². The molecule has 3 N–H and O–H groups in total. The molecule has 53 heavy (non-hydrogen) atoms. The summed E-state index contributed by atoms with van der Waals surface area (Å²) in [4.78, 5) is 57.0. The minimum absolute atomic E-state index is 0.0397. The molecule has 2 heterocycles. The first kappa shape index (κ1) is 37.6. The van der Waals surface area contributed by atoms with Crippen LogP contribution < -0.4 is 16.0 Å². The number of thioether (sulfide) groups is 1. The molecule has 0 radical (unpaired) electrons. The van der Waals surface area contributed by atoms with Crippen LogP contribution in [0.3, 0.4) is 0 Å². The summed E-state index contributed by atoms with van der Waals surface area (Å²) >= 11 is 8.76. The molecule has 1 aliphatic rings. The zero-order chi connectivity index (χ0) is 37.2. The first-order chi connectivity index (χ1) is 25.7. The molecule has 0 aliphatic carbocycles. The number of nitrogens with one attached hydrogen (secondary N) is 3. The second-order valence-electron chi connectivity index (χ2n) is 12.1. The number of esters is 1. The molecule has 0 atom stereocenters. The number of hydrogen-bond acceptors (Lipinski definition) is 8. The minimum Gasteiger partial charge on any atom is -0.462 e. The van der Waals surface area contributed by atoms with Crippen LogP contribution in [0.1, 0.15) is 49.2 Å². The van der Waals surface area contributed by atoms with Gasteiger partial charge in [0, 0.05) is 45.7 Å². The van der Waals surface area contributed by atoms with Crippen LogP contribution in [-0.2, 0) is 33.8 Å². The van der Waals surface area contributed by atoms with Crippen LogP contribution in [0.25, 0.3) is 6.08 Å². The fourth-order valence-corrected chi connectivity index (χ4v) is 7.96. The van der Waals surface area contributed by atoms with Crippen LogP contribution in [0.2, 0.25) is 5.02 Å². The number of anilines is 2. The molecule has 0 saturated heterocycles. The van der Waals surface area contributed by atoms with Crippen molar-refractivity contribution in [2.75, 3.05) is 29.5 Å². The maximum Gasteiger partial charge on any atom is 0.341 e. The van der Waals surface area contributed by atoms with E-state index in [0.29, 0.717) is 45.4 Å². The number of carbonyl (C=O) groups excluding carboxylic acids is 4. The Balaban J connectivity index is 1.11. The van der Waals surface area contributed by atoms with Crippen molar-refractivity contribution in [3.05, 3.63) is 153 Å². The predicted molar refractivity (Wildman–Crippen MR) is 212 cm³/mol. The number of hydrogen-bond donors (Lipinski definition) is 3. The lowest BCUT2D eigenvalue weighted by Crippen LogP contribution is -2.30. The molecule has 270 valence electrons. The van der Waals surface area contributed by atoms with Crippen LogP contribution in [0.5, 0.6) is 0 Å². The Morgan fingerprint density at radius 3 is 2.38 bits per heavy atom. The van der Waals surface area contributed by atoms with Crippen molar-refractivity contribution in [3.63, 3.8) is 0 Å². The maximum atomic E-state index is 13.5. The summed E-state index contributed by atoms with van der Waals surface area (Å²) in [6.07, 6.45) is 2.26. The van der Waals surface area contributed by atoms with Gasteiger partial charge < -0.3 is 20.7 Å². The van der Waals surface area contributed by atoms with Crippen LogP contribution in [-0.4, -0.2) is 47.5 Å². The third-order valence-corrected chi connectivity index (χ3v) is 10.7. The Kier molecular flexibility index (Phi) is 12.8. The van der Waals surface area contributed by atoms with E-state index in [1.54, 1.807) is 85.8 Å². The number of halogens is 1. The highest BCUT2D eigenvalue weighted by molar-refractivity contribution is 8.00. The predicted octanol–water partition coefficient (Wildman–Crippen LogP) is 8.28. The van der Waals surface area contributed by atoms with Crippen molar-refractivity contribution in [1.29, 1.82) is 0 Å². The van der Waals surface area contributed by atoms with Crippen molar-refractivity contribution in [3.8, 4) is 0 Å². The molecular formula is C41H37ClN4O5S2.